The molecule has 2 rings (SSSR count). The van der Waals surface area contributed by atoms with Crippen LogP contribution in [0.2, 0.25) is 0 Å². The Morgan fingerprint density at radius 3 is 2.65 bits per heavy atom. The molecule has 6 heteroatoms. The summed E-state index contributed by atoms with van der Waals surface area (Å²) in [6.45, 7) is 2.07. The van der Waals surface area contributed by atoms with Crippen LogP contribution >= 0.6 is 0 Å². The number of benzene rings is 1. The number of carbonyl (C=O) groups is 1. The molecule has 5 nitrogen and oxygen atoms in total. The maximum atomic E-state index is 12.9. The molecule has 0 saturated heterocycles. The van der Waals surface area contributed by atoms with Gasteiger partial charge in [-0.2, -0.15) is 5.26 Å². The molecule has 23 heavy (non-hydrogen) atoms. The molecule has 0 heterocycles. The van der Waals surface area contributed by atoms with E-state index in [2.05, 4.69) is 11.4 Å². The van der Waals surface area contributed by atoms with E-state index >= 15 is 0 Å². The molecule has 0 spiro atoms. The Morgan fingerprint density at radius 2 is 2.13 bits per heavy atom. The summed E-state index contributed by atoms with van der Waals surface area (Å²) in [5.74, 6) is -0.370. The highest BCUT2D eigenvalue weighted by Crippen LogP contribution is 2.39. The molecule has 0 aliphatic heterocycles. The third kappa shape index (κ3) is 4.75. The minimum absolute atomic E-state index is 0.0856. The fourth-order valence-corrected chi connectivity index (χ4v) is 2.61. The molecule has 1 fully saturated rings. The lowest BCUT2D eigenvalue weighted by Gasteiger charge is -2.25. The SMILES string of the molecule is CN(CC(=O)N[C@](C)(C#N)C1CC1)C[C@H](O)c1ccc(F)cc1. The van der Waals surface area contributed by atoms with Crippen molar-refractivity contribution in [3.05, 3.63) is 35.6 Å². The third-order valence-corrected chi connectivity index (χ3v) is 4.18. The fraction of sp³-hybridized carbons (Fsp3) is 0.529. The number of nitriles is 1. The van der Waals surface area contributed by atoms with Gasteiger partial charge in [0.05, 0.1) is 18.7 Å². The Balaban J connectivity index is 1.84. The van der Waals surface area contributed by atoms with Crippen molar-refractivity contribution < 1.29 is 14.3 Å². The lowest BCUT2D eigenvalue weighted by molar-refractivity contribution is -0.123. The summed E-state index contributed by atoms with van der Waals surface area (Å²) in [7, 11) is 1.72. The van der Waals surface area contributed by atoms with Gasteiger partial charge in [-0.15, -0.1) is 0 Å². The van der Waals surface area contributed by atoms with Crippen molar-refractivity contribution in [1.82, 2.24) is 10.2 Å². The van der Waals surface area contributed by atoms with Gasteiger partial charge in [0.15, 0.2) is 0 Å². The van der Waals surface area contributed by atoms with Crippen LogP contribution in [0.25, 0.3) is 0 Å². The zero-order chi connectivity index (χ0) is 17.0. The van der Waals surface area contributed by atoms with Crippen LogP contribution in [0.1, 0.15) is 31.4 Å². The molecule has 0 radical (unpaired) electrons. The number of nitrogens with zero attached hydrogens (tertiary/aromatic N) is 2. The van der Waals surface area contributed by atoms with E-state index in [1.165, 1.54) is 24.3 Å². The molecule has 1 aromatic rings. The lowest BCUT2D eigenvalue weighted by atomic mass is 9.98. The largest absolute Gasteiger partial charge is 0.387 e. The molecule has 2 N–H and O–H groups in total. The van der Waals surface area contributed by atoms with Crippen LogP contribution in [0.5, 0.6) is 0 Å². The zero-order valence-corrected chi connectivity index (χ0v) is 13.4. The number of amides is 1. The number of rotatable bonds is 7. The first kappa shape index (κ1) is 17.4. The summed E-state index contributed by atoms with van der Waals surface area (Å²) in [6, 6.07) is 7.81. The van der Waals surface area contributed by atoms with E-state index in [4.69, 9.17) is 0 Å². The second-order valence-electron chi connectivity index (χ2n) is 6.40. The Labute approximate surface area is 135 Å². The molecule has 2 atom stereocenters. The molecular formula is C17H22FN3O2. The van der Waals surface area contributed by atoms with E-state index in [9.17, 15) is 19.6 Å². The van der Waals surface area contributed by atoms with Crippen LogP contribution < -0.4 is 5.32 Å². The quantitative estimate of drug-likeness (QED) is 0.800. The first-order valence-electron chi connectivity index (χ1n) is 7.68. The van der Waals surface area contributed by atoms with Crippen LogP contribution in [0.4, 0.5) is 4.39 Å². The maximum absolute atomic E-state index is 12.9. The first-order chi connectivity index (χ1) is 10.8. The Bertz CT molecular complexity index is 595. The second-order valence-corrected chi connectivity index (χ2v) is 6.40. The average molecular weight is 319 g/mol. The lowest BCUT2D eigenvalue weighted by Crippen LogP contribution is -2.50. The predicted molar refractivity (Wildman–Crippen MR) is 83.7 cm³/mol. The maximum Gasteiger partial charge on any atom is 0.235 e. The number of nitrogens with one attached hydrogen (secondary N) is 1. The van der Waals surface area contributed by atoms with E-state index in [-0.39, 0.29) is 30.7 Å². The highest BCUT2D eigenvalue weighted by atomic mass is 19.1. The van der Waals surface area contributed by atoms with Gasteiger partial charge in [-0.1, -0.05) is 12.1 Å². The van der Waals surface area contributed by atoms with Crippen LogP contribution in [-0.4, -0.2) is 41.6 Å². The van der Waals surface area contributed by atoms with Gasteiger partial charge < -0.3 is 10.4 Å². The predicted octanol–water partition coefficient (Wildman–Crippen LogP) is 1.60. The molecule has 1 amide bonds. The van der Waals surface area contributed by atoms with E-state index in [1.807, 2.05) is 0 Å². The number of hydrogen-bond acceptors (Lipinski definition) is 4. The molecule has 124 valence electrons. The van der Waals surface area contributed by atoms with Crippen molar-refractivity contribution in [3.63, 3.8) is 0 Å². The molecule has 1 aliphatic carbocycles. The fourth-order valence-electron chi connectivity index (χ4n) is 2.61. The zero-order valence-electron chi connectivity index (χ0n) is 13.4. The molecule has 1 aromatic carbocycles. The minimum atomic E-state index is -0.812. The number of likely N-dealkylation sites (N-methyl/N-ethyl adjacent to an activating group) is 1. The van der Waals surface area contributed by atoms with Gasteiger partial charge in [0.2, 0.25) is 5.91 Å². The van der Waals surface area contributed by atoms with Gasteiger partial charge in [-0.3, -0.25) is 9.69 Å². The number of aliphatic hydroxyl groups excluding tert-OH is 1. The highest BCUT2D eigenvalue weighted by molar-refractivity contribution is 5.79. The number of halogens is 1. The third-order valence-electron chi connectivity index (χ3n) is 4.18. The van der Waals surface area contributed by atoms with Crippen molar-refractivity contribution in [3.8, 4) is 6.07 Å². The molecular weight excluding hydrogens is 297 g/mol. The summed E-state index contributed by atoms with van der Waals surface area (Å²) in [6.07, 6.45) is 1.12. The van der Waals surface area contributed by atoms with E-state index in [0.717, 1.165) is 12.8 Å². The van der Waals surface area contributed by atoms with Gasteiger partial charge in [0.1, 0.15) is 11.4 Å². The van der Waals surface area contributed by atoms with E-state index < -0.39 is 11.6 Å². The van der Waals surface area contributed by atoms with Crippen molar-refractivity contribution >= 4 is 5.91 Å². The molecule has 0 aromatic heterocycles. The van der Waals surface area contributed by atoms with Crippen molar-refractivity contribution in [2.45, 2.75) is 31.4 Å². The van der Waals surface area contributed by atoms with Crippen LogP contribution in [0.3, 0.4) is 0 Å². The van der Waals surface area contributed by atoms with Crippen molar-refractivity contribution in [2.24, 2.45) is 5.92 Å². The summed E-state index contributed by atoms with van der Waals surface area (Å²) in [5.41, 5.74) is -0.216. The minimum Gasteiger partial charge on any atom is -0.387 e. The van der Waals surface area contributed by atoms with Crippen molar-refractivity contribution in [1.29, 1.82) is 5.26 Å². The highest BCUT2D eigenvalue weighted by Gasteiger charge is 2.43. The Hall–Kier alpha value is -1.97. The number of aliphatic hydroxyl groups is 1. The number of hydrogen-bond donors (Lipinski definition) is 2. The smallest absolute Gasteiger partial charge is 0.235 e. The van der Waals surface area contributed by atoms with Gasteiger partial charge in [-0.05, 0) is 50.4 Å². The van der Waals surface area contributed by atoms with Crippen LogP contribution in [-0.2, 0) is 4.79 Å². The summed E-state index contributed by atoms with van der Waals surface area (Å²) >= 11 is 0. The normalized spacial score (nSPS) is 18.1. The van der Waals surface area contributed by atoms with Crippen molar-refractivity contribution in [2.75, 3.05) is 20.1 Å². The monoisotopic (exact) mass is 319 g/mol. The molecule has 1 aliphatic rings. The van der Waals surface area contributed by atoms with Gasteiger partial charge >= 0.3 is 0 Å². The standard InChI is InChI=1S/C17H22FN3O2/c1-17(11-19,13-5-6-13)20-16(23)10-21(2)9-15(22)12-3-7-14(18)8-4-12/h3-4,7-8,13,15,22H,5-6,9-10H2,1-2H3,(H,20,23)/t15-,17+/m0/s1. The Kier molecular flexibility index (Phi) is 5.34. The van der Waals surface area contributed by atoms with E-state index in [1.54, 1.807) is 18.9 Å². The molecule has 0 bridgehead atoms. The van der Waals surface area contributed by atoms with Gasteiger partial charge in [-0.25, -0.2) is 4.39 Å². The summed E-state index contributed by atoms with van der Waals surface area (Å²) < 4.78 is 12.9. The molecule has 1 saturated carbocycles. The van der Waals surface area contributed by atoms with Gasteiger partial charge in [0.25, 0.3) is 0 Å². The summed E-state index contributed by atoms with van der Waals surface area (Å²) in [5, 5.41) is 22.2. The second kappa shape index (κ2) is 7.07. The first-order valence-corrected chi connectivity index (χ1v) is 7.68. The molecule has 0 unspecified atom stereocenters. The topological polar surface area (TPSA) is 76.4 Å². The summed E-state index contributed by atoms with van der Waals surface area (Å²) in [4.78, 5) is 13.8. The van der Waals surface area contributed by atoms with Gasteiger partial charge in [0, 0.05) is 6.54 Å². The van der Waals surface area contributed by atoms with Crippen LogP contribution in [0, 0.1) is 23.1 Å². The Morgan fingerprint density at radius 1 is 1.52 bits per heavy atom. The number of carbonyl (C=O) groups excluding carboxylic acids is 1. The average Bonchev–Trinajstić information content (AvgIpc) is 3.32. The van der Waals surface area contributed by atoms with Crippen LogP contribution in [0.15, 0.2) is 24.3 Å². The van der Waals surface area contributed by atoms with E-state index in [0.29, 0.717) is 5.56 Å².